The van der Waals surface area contributed by atoms with Crippen LogP contribution in [0.3, 0.4) is 0 Å². The van der Waals surface area contributed by atoms with Gasteiger partial charge in [0.25, 0.3) is 0 Å². The van der Waals surface area contributed by atoms with Crippen molar-refractivity contribution in [2.24, 2.45) is 0 Å². The molecule has 0 fully saturated rings. The minimum atomic E-state index is 0. The molecule has 0 aliphatic heterocycles. The van der Waals surface area contributed by atoms with Crippen LogP contribution in [0.4, 0.5) is 0 Å². The Morgan fingerprint density at radius 1 is 1.00 bits per heavy atom. The molecule has 0 radical (unpaired) electrons. The molecule has 0 spiro atoms. The van der Waals surface area contributed by atoms with Gasteiger partial charge in [0.2, 0.25) is 0 Å². The van der Waals surface area contributed by atoms with Gasteiger partial charge < -0.3 is 1.43 Å². The fraction of sp³-hybridized carbons (Fsp3) is 0. The maximum atomic E-state index is 3.50. The topological polar surface area (TPSA) is 39.4 Å². The van der Waals surface area contributed by atoms with Gasteiger partial charge >= 0.3 is 18.9 Å². The van der Waals surface area contributed by atoms with Crippen LogP contribution in [0, 0.1) is 0 Å². The molecule has 0 atom stereocenters. The first-order valence-corrected chi connectivity index (χ1v) is 0.500. The van der Waals surface area contributed by atoms with Gasteiger partial charge in [0.1, 0.15) is 0 Å². The molecule has 1 rings (SSSR count). The summed E-state index contributed by atoms with van der Waals surface area (Å²) < 4.78 is 10.5. The zero-order chi connectivity index (χ0) is 2.12. The molecule has 4 heteroatoms. The van der Waals surface area contributed by atoms with Crippen molar-refractivity contribution in [2.75, 3.05) is 0 Å². The molecule has 0 saturated heterocycles. The van der Waals surface area contributed by atoms with Gasteiger partial charge in [0.05, 0.1) is 0 Å². The normalized spacial score (nSPS) is 6.00. The van der Waals surface area contributed by atoms with Crippen molar-refractivity contribution in [2.45, 2.75) is 0 Å². The SMILES string of the molecule is [H-].[Li+].o1oo1. The molecular formula is HLiO3. The molecule has 0 amide bonds. The van der Waals surface area contributed by atoms with Crippen LogP contribution in [0.15, 0.2) is 14.2 Å². The van der Waals surface area contributed by atoms with Crippen LogP contribution in [0.1, 0.15) is 1.43 Å². The molecule has 20 valence electrons. The summed E-state index contributed by atoms with van der Waals surface area (Å²) in [5.74, 6) is 0. The van der Waals surface area contributed by atoms with Gasteiger partial charge in [-0.1, -0.05) is 0 Å². The molecule has 0 N–H and O–H groups in total. The largest absolute Gasteiger partial charge is 1.00 e. The van der Waals surface area contributed by atoms with Crippen molar-refractivity contribution in [1.82, 2.24) is 0 Å². The number of hydrogen-bond acceptors (Lipinski definition) is 3. The Hall–Kier alpha value is -0.00260. The summed E-state index contributed by atoms with van der Waals surface area (Å²) in [6.45, 7) is 0. The van der Waals surface area contributed by atoms with Gasteiger partial charge in [-0.2, -0.15) is 0 Å². The third kappa shape index (κ3) is 2.00. The summed E-state index contributed by atoms with van der Waals surface area (Å²) in [5.41, 5.74) is 0. The summed E-state index contributed by atoms with van der Waals surface area (Å²) in [6.07, 6.45) is 0. The predicted octanol–water partition coefficient (Wildman–Crippen LogP) is -2.42. The van der Waals surface area contributed by atoms with E-state index in [0.717, 1.165) is 0 Å². The van der Waals surface area contributed by atoms with Crippen LogP contribution in [0.25, 0.3) is 0 Å². The van der Waals surface area contributed by atoms with Gasteiger partial charge in [0, 0.05) is 14.2 Å². The maximum absolute atomic E-state index is 3.50. The van der Waals surface area contributed by atoms with E-state index in [-0.39, 0.29) is 20.3 Å². The third-order valence-electron chi connectivity index (χ3n) is 0.0680. The zero-order valence-corrected chi connectivity index (χ0v) is 2.22. The summed E-state index contributed by atoms with van der Waals surface area (Å²) in [5, 5.41) is 0. The third-order valence-corrected chi connectivity index (χ3v) is 0.0680. The molecule has 0 bridgehead atoms. The second-order valence-corrected chi connectivity index (χ2v) is 0.204. The Morgan fingerprint density at radius 3 is 1.25 bits per heavy atom. The average molecular weight is 55.9 g/mol. The van der Waals surface area contributed by atoms with E-state index >= 15 is 0 Å². The van der Waals surface area contributed by atoms with Gasteiger partial charge in [-0.25, -0.2) is 0 Å². The Kier molecular flexibility index (Phi) is 1.33. The van der Waals surface area contributed by atoms with Crippen molar-refractivity contribution in [3.05, 3.63) is 0 Å². The van der Waals surface area contributed by atoms with E-state index in [4.69, 9.17) is 0 Å². The Bertz CT molecular complexity index is 35.0. The second-order valence-electron chi connectivity index (χ2n) is 0.204. The number of rotatable bonds is 0. The Morgan fingerprint density at radius 2 is 1.25 bits per heavy atom. The zero-order valence-electron chi connectivity index (χ0n) is 3.22. The van der Waals surface area contributed by atoms with E-state index in [1.54, 1.807) is 0 Å². The molecule has 0 aliphatic rings. The Labute approximate surface area is 35.4 Å². The van der Waals surface area contributed by atoms with Gasteiger partial charge in [-0.3, -0.25) is 0 Å². The van der Waals surface area contributed by atoms with Gasteiger partial charge in [0.15, 0.2) is 0 Å². The van der Waals surface area contributed by atoms with Crippen LogP contribution >= 0.6 is 0 Å². The van der Waals surface area contributed by atoms with E-state index in [1.165, 1.54) is 0 Å². The van der Waals surface area contributed by atoms with Gasteiger partial charge in [-0.05, 0) is 0 Å². The fourth-order valence-corrected chi connectivity index (χ4v) is 0. The van der Waals surface area contributed by atoms with E-state index in [9.17, 15) is 0 Å². The standard InChI is InChI=1S/Li.O3.H/c;1-2-3-1;/q+1;;-1. The first kappa shape index (κ1) is 4.00. The first-order valence-electron chi connectivity index (χ1n) is 0.500. The van der Waals surface area contributed by atoms with Crippen LogP contribution in [-0.4, -0.2) is 0 Å². The molecule has 4 heavy (non-hydrogen) atoms. The molecule has 3 nitrogen and oxygen atoms in total. The summed E-state index contributed by atoms with van der Waals surface area (Å²) in [4.78, 5) is 0. The smallest absolute Gasteiger partial charge is 1.00 e. The quantitative estimate of drug-likeness (QED) is 0.245. The van der Waals surface area contributed by atoms with Crippen LogP contribution in [0.2, 0.25) is 0 Å². The Balaban J connectivity index is 0. The first-order chi connectivity index (χ1) is 1.50. The molecule has 0 unspecified atom stereocenters. The monoisotopic (exact) mass is 56.0 g/mol. The molecule has 0 aliphatic carbocycles. The van der Waals surface area contributed by atoms with Gasteiger partial charge in [-0.15, -0.1) is 0 Å². The van der Waals surface area contributed by atoms with E-state index < -0.39 is 0 Å². The van der Waals surface area contributed by atoms with Crippen molar-refractivity contribution in [1.29, 1.82) is 0 Å². The average Bonchev–Trinajstić information content (AvgIpc) is 1.46. The molecule has 1 heterocycles. The molecule has 0 saturated carbocycles. The molecule has 1 aromatic rings. The summed E-state index contributed by atoms with van der Waals surface area (Å²) >= 11 is 0. The maximum Gasteiger partial charge on any atom is 1.00 e. The molecular weight excluding hydrogens is 54.9 g/mol. The number of hydrogen-bond donors (Lipinski definition) is 0. The fourth-order valence-electron chi connectivity index (χ4n) is 0. The van der Waals surface area contributed by atoms with Crippen molar-refractivity contribution in [3.8, 4) is 0 Å². The van der Waals surface area contributed by atoms with E-state index in [1.807, 2.05) is 0 Å². The molecule has 0 aromatic carbocycles. The van der Waals surface area contributed by atoms with E-state index in [0.29, 0.717) is 0 Å². The van der Waals surface area contributed by atoms with Crippen molar-refractivity contribution < 1.29 is 34.5 Å². The second kappa shape index (κ2) is 1.33. The summed E-state index contributed by atoms with van der Waals surface area (Å²) in [6, 6.07) is 0. The van der Waals surface area contributed by atoms with E-state index in [2.05, 4.69) is 14.2 Å². The minimum absolute atomic E-state index is 0. The van der Waals surface area contributed by atoms with Crippen molar-refractivity contribution in [3.63, 3.8) is 0 Å². The van der Waals surface area contributed by atoms with Crippen LogP contribution < -0.4 is 18.9 Å². The predicted molar refractivity (Wildman–Crippen MR) is 4.35 cm³/mol. The van der Waals surface area contributed by atoms with Crippen LogP contribution in [0.5, 0.6) is 0 Å². The van der Waals surface area contributed by atoms with Crippen molar-refractivity contribution >= 4 is 0 Å². The minimum Gasteiger partial charge on any atom is -1.00 e. The summed E-state index contributed by atoms with van der Waals surface area (Å²) in [7, 11) is 0. The molecule has 1 aromatic heterocycles. The van der Waals surface area contributed by atoms with Crippen LogP contribution in [-0.2, 0) is 0 Å².